The molecule has 0 aliphatic carbocycles. The molecule has 0 bridgehead atoms. The minimum atomic E-state index is -1.26. The molecule has 1 aromatic heterocycles. The highest BCUT2D eigenvalue weighted by Gasteiger charge is 2.11. The Balaban J connectivity index is 2.36. The maximum absolute atomic E-state index is 13.4. The van der Waals surface area contributed by atoms with E-state index in [1.807, 2.05) is 0 Å². The zero-order chi connectivity index (χ0) is 14.0. The number of benzene rings is 1. The van der Waals surface area contributed by atoms with Gasteiger partial charge >= 0.3 is 0 Å². The van der Waals surface area contributed by atoms with Crippen LogP contribution in [0.15, 0.2) is 18.2 Å². The van der Waals surface area contributed by atoms with Crippen LogP contribution in [0, 0.1) is 24.4 Å². The van der Waals surface area contributed by atoms with E-state index in [4.69, 9.17) is 5.84 Å². The molecule has 0 atom stereocenters. The molecule has 19 heavy (non-hydrogen) atoms. The van der Waals surface area contributed by atoms with Gasteiger partial charge in [-0.3, -0.25) is 0 Å². The minimum Gasteiger partial charge on any atom is -0.338 e. The molecule has 0 spiro atoms. The first-order valence-electron chi connectivity index (χ1n) is 5.23. The van der Waals surface area contributed by atoms with Crippen LogP contribution in [0.2, 0.25) is 0 Å². The van der Waals surface area contributed by atoms with Crippen LogP contribution in [0.4, 0.5) is 30.5 Å². The molecule has 0 aliphatic heterocycles. The van der Waals surface area contributed by atoms with Crippen LogP contribution in [0.5, 0.6) is 0 Å². The average Bonchev–Trinajstić information content (AvgIpc) is 2.35. The van der Waals surface area contributed by atoms with Gasteiger partial charge in [0.1, 0.15) is 23.3 Å². The van der Waals surface area contributed by atoms with E-state index < -0.39 is 17.5 Å². The molecule has 4 N–H and O–H groups in total. The van der Waals surface area contributed by atoms with Gasteiger partial charge in [0.05, 0.1) is 5.69 Å². The number of nitrogen functional groups attached to an aromatic ring is 1. The molecule has 0 amide bonds. The van der Waals surface area contributed by atoms with Crippen molar-refractivity contribution in [2.24, 2.45) is 5.84 Å². The van der Waals surface area contributed by atoms with E-state index in [0.717, 1.165) is 0 Å². The molecular weight excluding hydrogens is 259 g/mol. The first-order chi connectivity index (χ1) is 8.99. The van der Waals surface area contributed by atoms with E-state index in [9.17, 15) is 13.2 Å². The summed E-state index contributed by atoms with van der Waals surface area (Å²) in [7, 11) is 0. The molecule has 2 rings (SSSR count). The van der Waals surface area contributed by atoms with Crippen LogP contribution < -0.4 is 16.6 Å². The monoisotopic (exact) mass is 269 g/mol. The third-order valence-electron chi connectivity index (χ3n) is 2.26. The van der Waals surface area contributed by atoms with Gasteiger partial charge < -0.3 is 10.7 Å². The molecule has 8 heteroatoms. The van der Waals surface area contributed by atoms with Crippen molar-refractivity contribution in [2.75, 3.05) is 10.7 Å². The normalized spacial score (nSPS) is 10.4. The molecule has 0 aliphatic rings. The van der Waals surface area contributed by atoms with Crippen molar-refractivity contribution in [1.82, 2.24) is 9.97 Å². The predicted molar refractivity (Wildman–Crippen MR) is 64.2 cm³/mol. The zero-order valence-corrected chi connectivity index (χ0v) is 9.84. The van der Waals surface area contributed by atoms with Gasteiger partial charge in [-0.1, -0.05) is 0 Å². The molecule has 0 unspecified atom stereocenters. The number of hydrogen-bond donors (Lipinski definition) is 3. The minimum absolute atomic E-state index is 0.199. The molecule has 0 fully saturated rings. The smallest absolute Gasteiger partial charge is 0.161 e. The molecule has 0 radical (unpaired) electrons. The number of rotatable bonds is 3. The van der Waals surface area contributed by atoms with Gasteiger partial charge in [0.25, 0.3) is 0 Å². The highest BCUT2D eigenvalue weighted by Crippen LogP contribution is 2.22. The number of halogens is 3. The van der Waals surface area contributed by atoms with Gasteiger partial charge in [-0.05, 0) is 6.92 Å². The number of anilines is 3. The Hall–Kier alpha value is -2.35. The van der Waals surface area contributed by atoms with E-state index in [0.29, 0.717) is 23.8 Å². The topological polar surface area (TPSA) is 75.9 Å². The number of hydrogen-bond acceptors (Lipinski definition) is 5. The Bertz CT molecular complexity index is 618. The van der Waals surface area contributed by atoms with E-state index >= 15 is 0 Å². The number of aromatic nitrogens is 2. The second-order valence-corrected chi connectivity index (χ2v) is 3.70. The third kappa shape index (κ3) is 2.91. The molecule has 0 saturated carbocycles. The lowest BCUT2D eigenvalue weighted by Crippen LogP contribution is -2.10. The van der Waals surface area contributed by atoms with Gasteiger partial charge in [-0.25, -0.2) is 29.0 Å². The number of hydrazine groups is 1. The summed E-state index contributed by atoms with van der Waals surface area (Å²) in [6.45, 7) is 1.60. The van der Waals surface area contributed by atoms with Gasteiger partial charge in [-0.15, -0.1) is 0 Å². The van der Waals surface area contributed by atoms with Crippen molar-refractivity contribution in [3.05, 3.63) is 41.5 Å². The number of nitrogens with zero attached hydrogens (tertiary/aromatic N) is 2. The Morgan fingerprint density at radius 3 is 2.26 bits per heavy atom. The van der Waals surface area contributed by atoms with Crippen LogP contribution >= 0.6 is 0 Å². The summed E-state index contributed by atoms with van der Waals surface area (Å²) in [6, 6.07) is 2.55. The zero-order valence-electron chi connectivity index (χ0n) is 9.84. The summed E-state index contributed by atoms with van der Waals surface area (Å²) in [5, 5.41) is 2.53. The lowest BCUT2D eigenvalue weighted by atomic mass is 10.3. The third-order valence-corrected chi connectivity index (χ3v) is 2.26. The van der Waals surface area contributed by atoms with Crippen LogP contribution in [0.1, 0.15) is 5.82 Å². The molecule has 2 aromatic rings. The summed E-state index contributed by atoms with van der Waals surface area (Å²) < 4.78 is 39.3. The van der Waals surface area contributed by atoms with E-state index in [-0.39, 0.29) is 11.5 Å². The fourth-order valence-electron chi connectivity index (χ4n) is 1.46. The summed E-state index contributed by atoms with van der Waals surface area (Å²) >= 11 is 0. The van der Waals surface area contributed by atoms with Crippen LogP contribution in [0.25, 0.3) is 0 Å². The Labute approximate surface area is 106 Å². The predicted octanol–water partition coefficient (Wildman–Crippen LogP) is 2.23. The summed E-state index contributed by atoms with van der Waals surface area (Å²) in [5.74, 6) is 2.73. The van der Waals surface area contributed by atoms with E-state index in [1.165, 1.54) is 6.07 Å². The highest BCUT2D eigenvalue weighted by atomic mass is 19.2. The van der Waals surface area contributed by atoms with Gasteiger partial charge in [0.2, 0.25) is 0 Å². The Morgan fingerprint density at radius 1 is 0.947 bits per heavy atom. The van der Waals surface area contributed by atoms with Crippen molar-refractivity contribution in [3.8, 4) is 0 Å². The van der Waals surface area contributed by atoms with Gasteiger partial charge in [0.15, 0.2) is 11.6 Å². The van der Waals surface area contributed by atoms with Crippen LogP contribution in [-0.2, 0) is 0 Å². The largest absolute Gasteiger partial charge is 0.338 e. The SMILES string of the molecule is Cc1nc(NN)cc(Nc2cc(F)c(F)cc2F)n1. The molecule has 0 saturated heterocycles. The summed E-state index contributed by atoms with van der Waals surface area (Å²) in [5.41, 5.74) is 2.07. The fourth-order valence-corrected chi connectivity index (χ4v) is 1.46. The van der Waals surface area contributed by atoms with E-state index in [1.54, 1.807) is 6.92 Å². The molecule has 1 heterocycles. The molecule has 100 valence electrons. The lowest BCUT2D eigenvalue weighted by molar-refractivity contribution is 0.496. The van der Waals surface area contributed by atoms with Crippen molar-refractivity contribution < 1.29 is 13.2 Å². The number of nitrogens with two attached hydrogens (primary N) is 1. The van der Waals surface area contributed by atoms with Crippen molar-refractivity contribution >= 4 is 17.3 Å². The van der Waals surface area contributed by atoms with Crippen molar-refractivity contribution in [1.29, 1.82) is 0 Å². The second kappa shape index (κ2) is 5.11. The quantitative estimate of drug-likeness (QED) is 0.452. The van der Waals surface area contributed by atoms with Gasteiger partial charge in [-0.2, -0.15) is 0 Å². The maximum atomic E-state index is 13.4. The van der Waals surface area contributed by atoms with Crippen molar-refractivity contribution in [3.63, 3.8) is 0 Å². The summed E-state index contributed by atoms with van der Waals surface area (Å²) in [6.07, 6.45) is 0. The average molecular weight is 269 g/mol. The Morgan fingerprint density at radius 2 is 1.58 bits per heavy atom. The number of nitrogens with one attached hydrogen (secondary N) is 2. The maximum Gasteiger partial charge on any atom is 0.161 e. The molecule has 5 nitrogen and oxygen atoms in total. The summed E-state index contributed by atoms with van der Waals surface area (Å²) in [4.78, 5) is 7.90. The first kappa shape index (κ1) is 13.1. The van der Waals surface area contributed by atoms with Crippen molar-refractivity contribution in [2.45, 2.75) is 6.92 Å². The lowest BCUT2D eigenvalue weighted by Gasteiger charge is -2.09. The van der Waals surface area contributed by atoms with Crippen LogP contribution in [-0.4, -0.2) is 9.97 Å². The Kier molecular flexibility index (Phi) is 3.52. The van der Waals surface area contributed by atoms with Gasteiger partial charge in [0, 0.05) is 18.2 Å². The van der Waals surface area contributed by atoms with E-state index in [2.05, 4.69) is 20.7 Å². The number of aryl methyl sites for hydroxylation is 1. The first-order valence-corrected chi connectivity index (χ1v) is 5.23. The highest BCUT2D eigenvalue weighted by molar-refractivity contribution is 5.59. The second-order valence-electron chi connectivity index (χ2n) is 3.70. The molecular formula is C11H10F3N5. The van der Waals surface area contributed by atoms with Crippen LogP contribution in [0.3, 0.4) is 0 Å². The standard InChI is InChI=1S/C11H10F3N5/c1-5-16-10(4-11(17-5)19-15)18-9-3-7(13)6(12)2-8(9)14/h2-4H,15H2,1H3,(H2,16,17,18,19). The fraction of sp³-hybridized carbons (Fsp3) is 0.0909. The molecule has 1 aromatic carbocycles.